The molecule has 5 aromatic rings. The van der Waals surface area contributed by atoms with Gasteiger partial charge in [0.1, 0.15) is 0 Å². The van der Waals surface area contributed by atoms with E-state index in [0.717, 1.165) is 11.1 Å². The van der Waals surface area contributed by atoms with Crippen LogP contribution in [0.5, 0.6) is 0 Å². The van der Waals surface area contributed by atoms with Crippen LogP contribution in [0.1, 0.15) is 17.0 Å². The fraction of sp³-hybridized carbons (Fsp3) is 0.120. The third-order valence-corrected chi connectivity index (χ3v) is 7.12. The highest BCUT2D eigenvalue weighted by atomic mass is 32.2. The van der Waals surface area contributed by atoms with E-state index in [2.05, 4.69) is 20.5 Å². The maximum atomic E-state index is 13.4. The molecule has 9 nitrogen and oxygen atoms in total. The van der Waals surface area contributed by atoms with Crippen LogP contribution in [-0.2, 0) is 29.7 Å². The molecule has 3 aromatic carbocycles. The standard InChI is InChI=1S/C25H22N6O3S/c32-35(33,22-14-8-3-9-15-22)31(17-21-12-6-2-7-13-21)19-24-26-25(28-34-24)23-18-30(29-27-23)16-20-10-4-1-5-11-20/h1-15,18H,16-17,19H2. The maximum Gasteiger partial charge on any atom is 0.243 e. The first-order valence-electron chi connectivity index (χ1n) is 10.9. The molecule has 35 heavy (non-hydrogen) atoms. The summed E-state index contributed by atoms with van der Waals surface area (Å²) >= 11 is 0. The van der Waals surface area contributed by atoms with Gasteiger partial charge >= 0.3 is 0 Å². The molecule has 176 valence electrons. The summed E-state index contributed by atoms with van der Waals surface area (Å²) in [5.41, 5.74) is 2.37. The molecular weight excluding hydrogens is 464 g/mol. The second kappa shape index (κ2) is 10.00. The lowest BCUT2D eigenvalue weighted by Crippen LogP contribution is -2.30. The second-order valence-corrected chi connectivity index (χ2v) is 9.81. The summed E-state index contributed by atoms with van der Waals surface area (Å²) in [6, 6.07) is 27.5. The van der Waals surface area contributed by atoms with Gasteiger partial charge in [-0.15, -0.1) is 5.10 Å². The molecule has 2 aromatic heterocycles. The normalized spacial score (nSPS) is 11.7. The van der Waals surface area contributed by atoms with Crippen molar-refractivity contribution in [2.24, 2.45) is 0 Å². The van der Waals surface area contributed by atoms with Crippen LogP contribution in [0.4, 0.5) is 0 Å². The Morgan fingerprint density at radius 3 is 2.11 bits per heavy atom. The van der Waals surface area contributed by atoms with E-state index in [4.69, 9.17) is 4.52 Å². The molecule has 0 amide bonds. The topological polar surface area (TPSA) is 107 Å². The monoisotopic (exact) mass is 486 g/mol. The van der Waals surface area contributed by atoms with Gasteiger partial charge in [0.2, 0.25) is 21.7 Å². The summed E-state index contributed by atoms with van der Waals surface area (Å²) < 4.78 is 35.2. The number of hydrogen-bond donors (Lipinski definition) is 0. The maximum absolute atomic E-state index is 13.4. The Labute approximate surface area is 202 Å². The number of rotatable bonds is 9. The third-order valence-electron chi connectivity index (χ3n) is 5.32. The van der Waals surface area contributed by atoms with Crippen molar-refractivity contribution in [2.45, 2.75) is 24.5 Å². The van der Waals surface area contributed by atoms with E-state index in [-0.39, 0.29) is 29.7 Å². The fourth-order valence-corrected chi connectivity index (χ4v) is 4.98. The summed E-state index contributed by atoms with van der Waals surface area (Å²) in [7, 11) is -3.81. The van der Waals surface area contributed by atoms with E-state index >= 15 is 0 Å². The molecule has 0 aliphatic carbocycles. The highest BCUT2D eigenvalue weighted by Gasteiger charge is 2.27. The predicted octanol–water partition coefficient (Wildman–Crippen LogP) is 3.77. The lowest BCUT2D eigenvalue weighted by atomic mass is 10.2. The molecule has 10 heteroatoms. The van der Waals surface area contributed by atoms with Gasteiger partial charge in [-0.25, -0.2) is 13.1 Å². The molecule has 0 saturated heterocycles. The van der Waals surface area contributed by atoms with Crippen molar-refractivity contribution >= 4 is 10.0 Å². The summed E-state index contributed by atoms with van der Waals surface area (Å²) in [4.78, 5) is 4.58. The van der Waals surface area contributed by atoms with Crippen molar-refractivity contribution in [3.05, 3.63) is 114 Å². The highest BCUT2D eigenvalue weighted by molar-refractivity contribution is 7.89. The van der Waals surface area contributed by atoms with E-state index in [1.54, 1.807) is 41.2 Å². The highest BCUT2D eigenvalue weighted by Crippen LogP contribution is 2.22. The van der Waals surface area contributed by atoms with Crippen LogP contribution in [0.2, 0.25) is 0 Å². The van der Waals surface area contributed by atoms with Gasteiger partial charge in [-0.05, 0) is 23.3 Å². The Hall–Kier alpha value is -4.15. The Kier molecular flexibility index (Phi) is 6.47. The Bertz CT molecular complexity index is 1490. The van der Waals surface area contributed by atoms with Crippen LogP contribution in [-0.4, -0.2) is 37.9 Å². The average molecular weight is 487 g/mol. The fourth-order valence-electron chi connectivity index (χ4n) is 3.58. The van der Waals surface area contributed by atoms with Crippen molar-refractivity contribution in [1.82, 2.24) is 29.4 Å². The molecule has 0 N–H and O–H groups in total. The van der Waals surface area contributed by atoms with Crippen LogP contribution < -0.4 is 0 Å². The number of aromatic nitrogens is 5. The van der Waals surface area contributed by atoms with Gasteiger partial charge < -0.3 is 4.52 Å². The first-order chi connectivity index (χ1) is 17.1. The molecule has 0 radical (unpaired) electrons. The van der Waals surface area contributed by atoms with E-state index in [9.17, 15) is 8.42 Å². The van der Waals surface area contributed by atoms with Crippen LogP contribution in [0.3, 0.4) is 0 Å². The zero-order valence-corrected chi connectivity index (χ0v) is 19.5. The molecule has 0 atom stereocenters. The average Bonchev–Trinajstić information content (AvgIpc) is 3.55. The Morgan fingerprint density at radius 1 is 0.800 bits per heavy atom. The third kappa shape index (κ3) is 5.34. The van der Waals surface area contributed by atoms with Crippen LogP contribution in [0, 0.1) is 0 Å². The summed E-state index contributed by atoms with van der Waals surface area (Å²) in [5.74, 6) is 0.407. The zero-order valence-electron chi connectivity index (χ0n) is 18.7. The molecule has 0 spiro atoms. The van der Waals surface area contributed by atoms with Crippen molar-refractivity contribution in [2.75, 3.05) is 0 Å². The minimum absolute atomic E-state index is 0.0860. The lowest BCUT2D eigenvalue weighted by molar-refractivity contribution is 0.312. The van der Waals surface area contributed by atoms with Gasteiger partial charge in [0.15, 0.2) is 5.69 Å². The van der Waals surface area contributed by atoms with Crippen molar-refractivity contribution in [1.29, 1.82) is 0 Å². The molecular formula is C25H22N6O3S. The first kappa shape index (κ1) is 22.6. The minimum Gasteiger partial charge on any atom is -0.337 e. The van der Waals surface area contributed by atoms with E-state index in [0.29, 0.717) is 12.2 Å². The summed E-state index contributed by atoms with van der Waals surface area (Å²) in [6.45, 7) is 0.624. The van der Waals surface area contributed by atoms with E-state index in [1.165, 1.54) is 4.31 Å². The van der Waals surface area contributed by atoms with Crippen LogP contribution in [0.25, 0.3) is 11.5 Å². The van der Waals surface area contributed by atoms with E-state index in [1.807, 2.05) is 60.7 Å². The summed E-state index contributed by atoms with van der Waals surface area (Å²) in [5, 5.41) is 12.3. The van der Waals surface area contributed by atoms with Gasteiger partial charge in [0.05, 0.1) is 24.2 Å². The second-order valence-electron chi connectivity index (χ2n) is 7.87. The van der Waals surface area contributed by atoms with Crippen molar-refractivity contribution < 1.29 is 12.9 Å². The molecule has 0 unspecified atom stereocenters. The van der Waals surface area contributed by atoms with Crippen molar-refractivity contribution in [3.8, 4) is 11.5 Å². The number of nitrogens with zero attached hydrogens (tertiary/aromatic N) is 6. The van der Waals surface area contributed by atoms with Gasteiger partial charge in [0, 0.05) is 6.54 Å². The molecule has 5 rings (SSSR count). The molecule has 0 saturated carbocycles. The number of hydrogen-bond acceptors (Lipinski definition) is 7. The quantitative estimate of drug-likeness (QED) is 0.312. The number of benzene rings is 3. The van der Waals surface area contributed by atoms with E-state index < -0.39 is 10.0 Å². The molecule has 0 aliphatic heterocycles. The van der Waals surface area contributed by atoms with Gasteiger partial charge in [0.25, 0.3) is 0 Å². The van der Waals surface area contributed by atoms with Gasteiger partial charge in [-0.2, -0.15) is 9.29 Å². The largest absolute Gasteiger partial charge is 0.337 e. The lowest BCUT2D eigenvalue weighted by Gasteiger charge is -2.20. The predicted molar refractivity (Wildman–Crippen MR) is 128 cm³/mol. The molecule has 0 fully saturated rings. The molecule has 0 aliphatic rings. The van der Waals surface area contributed by atoms with Gasteiger partial charge in [-0.3, -0.25) is 0 Å². The van der Waals surface area contributed by atoms with Crippen LogP contribution in [0.15, 0.2) is 107 Å². The Balaban J connectivity index is 1.37. The zero-order chi connectivity index (χ0) is 24.1. The smallest absolute Gasteiger partial charge is 0.243 e. The first-order valence-corrected chi connectivity index (χ1v) is 12.4. The SMILES string of the molecule is O=S(=O)(c1ccccc1)N(Cc1ccccc1)Cc1nc(-c2cn(Cc3ccccc3)nn2)no1. The van der Waals surface area contributed by atoms with Crippen LogP contribution >= 0.6 is 0 Å². The molecule has 2 heterocycles. The minimum atomic E-state index is -3.81. The molecule has 0 bridgehead atoms. The van der Waals surface area contributed by atoms with Gasteiger partial charge in [-0.1, -0.05) is 89.2 Å². The Morgan fingerprint density at radius 2 is 1.43 bits per heavy atom. The number of sulfonamides is 1. The summed E-state index contributed by atoms with van der Waals surface area (Å²) in [6.07, 6.45) is 1.73. The van der Waals surface area contributed by atoms with Crippen molar-refractivity contribution in [3.63, 3.8) is 0 Å².